The first-order valence-electron chi connectivity index (χ1n) is 4.80. The Balaban J connectivity index is 2.70. The Morgan fingerprint density at radius 3 is 2.86 bits per heavy atom. The van der Waals surface area contributed by atoms with Crippen molar-refractivity contribution in [2.45, 2.75) is 31.3 Å². The zero-order valence-corrected chi connectivity index (χ0v) is 9.11. The monoisotopic (exact) mass is 214 g/mol. The van der Waals surface area contributed by atoms with Crippen LogP contribution >= 0.6 is 11.8 Å². The third-order valence-corrected chi connectivity index (χ3v) is 3.18. The average molecular weight is 214 g/mol. The second-order valence-corrected chi connectivity index (χ2v) is 4.21. The minimum absolute atomic E-state index is 0.221. The summed E-state index contributed by atoms with van der Waals surface area (Å²) in [6.07, 6.45) is 2.25. The topological polar surface area (TPSA) is 20.2 Å². The molecule has 0 fully saturated rings. The van der Waals surface area contributed by atoms with Crippen molar-refractivity contribution < 1.29 is 9.50 Å². The molecule has 0 bridgehead atoms. The van der Waals surface area contributed by atoms with E-state index in [1.807, 2.05) is 6.07 Å². The van der Waals surface area contributed by atoms with E-state index in [1.165, 1.54) is 6.07 Å². The van der Waals surface area contributed by atoms with E-state index in [2.05, 4.69) is 6.92 Å². The van der Waals surface area contributed by atoms with Gasteiger partial charge in [-0.15, -0.1) is 11.8 Å². The highest BCUT2D eigenvalue weighted by atomic mass is 32.2. The average Bonchev–Trinajstić information content (AvgIpc) is 2.18. The summed E-state index contributed by atoms with van der Waals surface area (Å²) in [5, 5.41) is 9.00. The molecule has 0 amide bonds. The summed E-state index contributed by atoms with van der Waals surface area (Å²) in [6, 6.07) is 4.92. The molecule has 0 spiro atoms. The first-order valence-corrected chi connectivity index (χ1v) is 5.79. The van der Waals surface area contributed by atoms with Crippen LogP contribution in [0.1, 0.15) is 25.3 Å². The van der Waals surface area contributed by atoms with Crippen LogP contribution in [0.15, 0.2) is 23.1 Å². The molecule has 0 aromatic heterocycles. The van der Waals surface area contributed by atoms with E-state index in [4.69, 9.17) is 5.11 Å². The molecule has 1 aromatic carbocycles. The lowest BCUT2D eigenvalue weighted by Gasteiger charge is -2.07. The molecule has 1 aromatic rings. The van der Waals surface area contributed by atoms with Gasteiger partial charge in [-0.05, 0) is 24.3 Å². The summed E-state index contributed by atoms with van der Waals surface area (Å²) < 4.78 is 13.2. The Morgan fingerprint density at radius 2 is 2.21 bits per heavy atom. The maximum absolute atomic E-state index is 13.2. The van der Waals surface area contributed by atoms with Gasteiger partial charge in [-0.3, -0.25) is 0 Å². The molecule has 0 aliphatic rings. The maximum Gasteiger partial charge on any atom is 0.129 e. The highest BCUT2D eigenvalue weighted by molar-refractivity contribution is 7.99. The minimum Gasteiger partial charge on any atom is -0.392 e. The van der Waals surface area contributed by atoms with E-state index in [1.54, 1.807) is 17.8 Å². The maximum atomic E-state index is 13.2. The van der Waals surface area contributed by atoms with Crippen LogP contribution in [0.3, 0.4) is 0 Å². The summed E-state index contributed by atoms with van der Waals surface area (Å²) >= 11 is 1.61. The van der Waals surface area contributed by atoms with E-state index in [-0.39, 0.29) is 12.4 Å². The van der Waals surface area contributed by atoms with Crippen molar-refractivity contribution in [2.24, 2.45) is 0 Å². The quantitative estimate of drug-likeness (QED) is 0.600. The minimum atomic E-state index is -0.311. The number of halogens is 1. The molecule has 0 aliphatic heterocycles. The summed E-state index contributed by atoms with van der Waals surface area (Å²) in [5.41, 5.74) is 0.425. The number of aliphatic hydroxyl groups excluding tert-OH is 1. The molecular weight excluding hydrogens is 199 g/mol. The van der Waals surface area contributed by atoms with Gasteiger partial charge in [-0.1, -0.05) is 19.4 Å². The van der Waals surface area contributed by atoms with Crippen molar-refractivity contribution in [2.75, 3.05) is 5.75 Å². The molecule has 0 saturated carbocycles. The van der Waals surface area contributed by atoms with Crippen molar-refractivity contribution in [3.05, 3.63) is 29.6 Å². The highest BCUT2D eigenvalue weighted by Gasteiger charge is 2.06. The van der Waals surface area contributed by atoms with E-state index >= 15 is 0 Å². The Kier molecular flexibility index (Phi) is 4.98. The lowest BCUT2D eigenvalue weighted by molar-refractivity contribution is 0.272. The van der Waals surface area contributed by atoms with Crippen molar-refractivity contribution >= 4 is 11.8 Å². The molecule has 0 radical (unpaired) electrons. The smallest absolute Gasteiger partial charge is 0.129 e. The number of hydrogen-bond donors (Lipinski definition) is 1. The molecule has 0 unspecified atom stereocenters. The second-order valence-electron chi connectivity index (χ2n) is 3.08. The molecule has 1 nitrogen and oxygen atoms in total. The van der Waals surface area contributed by atoms with Gasteiger partial charge in [0.05, 0.1) is 6.61 Å². The van der Waals surface area contributed by atoms with Crippen LogP contribution in [0.5, 0.6) is 0 Å². The van der Waals surface area contributed by atoms with Crippen LogP contribution in [0, 0.1) is 5.82 Å². The van der Waals surface area contributed by atoms with Crippen LogP contribution in [0.4, 0.5) is 4.39 Å². The molecule has 0 atom stereocenters. The fraction of sp³-hybridized carbons (Fsp3) is 0.455. The van der Waals surface area contributed by atoms with Crippen LogP contribution in [0.2, 0.25) is 0 Å². The van der Waals surface area contributed by atoms with Crippen molar-refractivity contribution in [3.8, 4) is 0 Å². The predicted molar refractivity (Wildman–Crippen MR) is 58.0 cm³/mol. The Morgan fingerprint density at radius 1 is 1.43 bits per heavy atom. The predicted octanol–water partition coefficient (Wildman–Crippen LogP) is 3.21. The van der Waals surface area contributed by atoms with Crippen molar-refractivity contribution in [1.82, 2.24) is 0 Å². The third-order valence-electron chi connectivity index (χ3n) is 1.99. The summed E-state index contributed by atoms with van der Waals surface area (Å²) in [7, 11) is 0. The highest BCUT2D eigenvalue weighted by Crippen LogP contribution is 2.25. The Labute approximate surface area is 88.3 Å². The van der Waals surface area contributed by atoms with Crippen molar-refractivity contribution in [1.29, 1.82) is 0 Å². The Bertz CT molecular complexity index is 289. The zero-order valence-electron chi connectivity index (χ0n) is 8.29. The molecule has 1 rings (SSSR count). The number of hydrogen-bond acceptors (Lipinski definition) is 2. The number of unbranched alkanes of at least 4 members (excludes halogenated alkanes) is 1. The van der Waals surface area contributed by atoms with Gasteiger partial charge in [0.25, 0.3) is 0 Å². The van der Waals surface area contributed by atoms with Gasteiger partial charge in [0.1, 0.15) is 5.82 Å². The van der Waals surface area contributed by atoms with E-state index in [0.717, 1.165) is 23.5 Å². The molecule has 78 valence electrons. The standard InChI is InChI=1S/C11H15FOS/c1-2-3-7-14-11-6-4-5-10(12)9(11)8-13/h4-6,13H,2-3,7-8H2,1H3. The van der Waals surface area contributed by atoms with E-state index in [9.17, 15) is 4.39 Å². The van der Waals surface area contributed by atoms with Crippen LogP contribution < -0.4 is 0 Å². The molecule has 0 aliphatic carbocycles. The lowest BCUT2D eigenvalue weighted by Crippen LogP contribution is -1.93. The van der Waals surface area contributed by atoms with Gasteiger partial charge in [-0.2, -0.15) is 0 Å². The van der Waals surface area contributed by atoms with Gasteiger partial charge in [-0.25, -0.2) is 4.39 Å². The fourth-order valence-corrected chi connectivity index (χ4v) is 2.32. The normalized spacial score (nSPS) is 10.5. The first kappa shape index (κ1) is 11.5. The number of aliphatic hydroxyl groups is 1. The third kappa shape index (κ3) is 3.00. The molecule has 1 N–H and O–H groups in total. The van der Waals surface area contributed by atoms with Crippen LogP contribution in [-0.4, -0.2) is 10.9 Å². The summed E-state index contributed by atoms with van der Waals surface area (Å²) in [5.74, 6) is 0.668. The van der Waals surface area contributed by atoms with E-state index in [0.29, 0.717) is 5.56 Å². The van der Waals surface area contributed by atoms with Gasteiger partial charge >= 0.3 is 0 Å². The SMILES string of the molecule is CCCCSc1cccc(F)c1CO. The second kappa shape index (κ2) is 6.04. The molecule has 0 saturated heterocycles. The fourth-order valence-electron chi connectivity index (χ4n) is 1.15. The first-order chi connectivity index (χ1) is 6.79. The summed E-state index contributed by atoms with van der Waals surface area (Å²) in [6.45, 7) is 1.90. The van der Waals surface area contributed by atoms with Gasteiger partial charge in [0.2, 0.25) is 0 Å². The lowest BCUT2D eigenvalue weighted by atomic mass is 10.2. The molecule has 0 heterocycles. The van der Waals surface area contributed by atoms with E-state index < -0.39 is 0 Å². The van der Waals surface area contributed by atoms with Crippen LogP contribution in [-0.2, 0) is 6.61 Å². The molecular formula is C11H15FOS. The van der Waals surface area contributed by atoms with Crippen LogP contribution in [0.25, 0.3) is 0 Å². The largest absolute Gasteiger partial charge is 0.392 e. The summed E-state index contributed by atoms with van der Waals surface area (Å²) in [4.78, 5) is 0.862. The van der Waals surface area contributed by atoms with Gasteiger partial charge in [0, 0.05) is 10.5 Å². The molecule has 14 heavy (non-hydrogen) atoms. The number of rotatable bonds is 5. The Hall–Kier alpha value is -0.540. The zero-order chi connectivity index (χ0) is 10.4. The van der Waals surface area contributed by atoms with Gasteiger partial charge < -0.3 is 5.11 Å². The number of thioether (sulfide) groups is 1. The molecule has 3 heteroatoms. The van der Waals surface area contributed by atoms with Gasteiger partial charge in [0.15, 0.2) is 0 Å². The van der Waals surface area contributed by atoms with Crippen molar-refractivity contribution in [3.63, 3.8) is 0 Å². The number of benzene rings is 1.